The normalized spacial score (nSPS) is 20.7. The van der Waals surface area contributed by atoms with Gasteiger partial charge in [0.15, 0.2) is 0 Å². The van der Waals surface area contributed by atoms with Crippen molar-refractivity contribution in [2.24, 2.45) is 0 Å². The third kappa shape index (κ3) is 1.58. The number of hydrogen-bond donors (Lipinski definition) is 1. The van der Waals surface area contributed by atoms with Crippen LogP contribution in [0.1, 0.15) is 34.4 Å². The van der Waals surface area contributed by atoms with Crippen LogP contribution in [0.5, 0.6) is 0 Å². The Morgan fingerprint density at radius 1 is 1.19 bits per heavy atom. The SMILES string of the molecule is OC(c1cccs1)C1CCc2ccccc21. The number of aliphatic hydroxyl groups excluding tert-OH is 1. The zero-order valence-electron chi connectivity index (χ0n) is 8.97. The molecule has 0 spiro atoms. The lowest BCUT2D eigenvalue weighted by Crippen LogP contribution is -2.06. The maximum Gasteiger partial charge on any atom is 0.0950 e. The van der Waals surface area contributed by atoms with E-state index in [0.717, 1.165) is 17.7 Å². The van der Waals surface area contributed by atoms with Crippen molar-refractivity contribution < 1.29 is 5.11 Å². The molecule has 1 nitrogen and oxygen atoms in total. The van der Waals surface area contributed by atoms with Gasteiger partial charge in [0.05, 0.1) is 6.10 Å². The number of hydrogen-bond acceptors (Lipinski definition) is 2. The Balaban J connectivity index is 1.93. The van der Waals surface area contributed by atoms with Crippen molar-refractivity contribution in [2.75, 3.05) is 0 Å². The first-order valence-electron chi connectivity index (χ1n) is 5.65. The average molecular weight is 230 g/mol. The van der Waals surface area contributed by atoms with E-state index in [1.807, 2.05) is 17.5 Å². The molecule has 1 aromatic heterocycles. The molecule has 1 N–H and O–H groups in total. The molecule has 0 radical (unpaired) electrons. The van der Waals surface area contributed by atoms with Gasteiger partial charge in [-0.25, -0.2) is 0 Å². The quantitative estimate of drug-likeness (QED) is 0.837. The molecule has 3 rings (SSSR count). The van der Waals surface area contributed by atoms with E-state index in [9.17, 15) is 5.11 Å². The molecule has 1 heterocycles. The first kappa shape index (κ1) is 10.1. The van der Waals surface area contributed by atoms with E-state index >= 15 is 0 Å². The van der Waals surface area contributed by atoms with Crippen LogP contribution < -0.4 is 0 Å². The van der Waals surface area contributed by atoms with E-state index in [1.54, 1.807) is 11.3 Å². The van der Waals surface area contributed by atoms with Crippen molar-refractivity contribution in [3.63, 3.8) is 0 Å². The molecule has 2 unspecified atom stereocenters. The number of rotatable bonds is 2. The van der Waals surface area contributed by atoms with Gasteiger partial charge in [0.25, 0.3) is 0 Å². The van der Waals surface area contributed by atoms with Crippen molar-refractivity contribution in [2.45, 2.75) is 24.9 Å². The molecule has 0 aliphatic heterocycles. The molecule has 2 atom stereocenters. The van der Waals surface area contributed by atoms with Gasteiger partial charge in [-0.05, 0) is 35.4 Å². The van der Waals surface area contributed by atoms with E-state index < -0.39 is 0 Å². The van der Waals surface area contributed by atoms with Gasteiger partial charge in [0.1, 0.15) is 0 Å². The Morgan fingerprint density at radius 3 is 2.88 bits per heavy atom. The van der Waals surface area contributed by atoms with Crippen LogP contribution in [0.3, 0.4) is 0 Å². The fourth-order valence-electron chi connectivity index (χ4n) is 2.58. The summed E-state index contributed by atoms with van der Waals surface area (Å²) in [5.41, 5.74) is 2.74. The predicted octanol–water partition coefficient (Wildman–Crippen LogP) is 3.51. The number of thiophene rings is 1. The molecule has 0 bridgehead atoms. The minimum Gasteiger partial charge on any atom is -0.387 e. The van der Waals surface area contributed by atoms with Gasteiger partial charge in [-0.1, -0.05) is 30.3 Å². The predicted molar refractivity (Wildman–Crippen MR) is 66.8 cm³/mol. The van der Waals surface area contributed by atoms with Crippen LogP contribution >= 0.6 is 11.3 Å². The second-order valence-corrected chi connectivity index (χ2v) is 5.28. The van der Waals surface area contributed by atoms with Crippen molar-refractivity contribution in [1.82, 2.24) is 0 Å². The van der Waals surface area contributed by atoms with E-state index in [0.29, 0.717) is 0 Å². The molecule has 0 amide bonds. The van der Waals surface area contributed by atoms with Crippen molar-refractivity contribution >= 4 is 11.3 Å². The Labute approximate surface area is 99.4 Å². The number of aliphatic hydroxyl groups is 1. The average Bonchev–Trinajstić information content (AvgIpc) is 2.98. The number of fused-ring (bicyclic) bond motifs is 1. The van der Waals surface area contributed by atoms with E-state index in [-0.39, 0.29) is 12.0 Å². The molecule has 2 aromatic rings. The molecule has 82 valence electrons. The van der Waals surface area contributed by atoms with Gasteiger partial charge in [-0.2, -0.15) is 0 Å². The topological polar surface area (TPSA) is 20.2 Å². The van der Waals surface area contributed by atoms with Crippen LogP contribution in [-0.4, -0.2) is 5.11 Å². The van der Waals surface area contributed by atoms with Gasteiger partial charge in [-0.3, -0.25) is 0 Å². The highest BCUT2D eigenvalue weighted by atomic mass is 32.1. The molecule has 0 fully saturated rings. The summed E-state index contributed by atoms with van der Waals surface area (Å²) in [6.45, 7) is 0. The van der Waals surface area contributed by atoms with Crippen LogP contribution in [0.25, 0.3) is 0 Å². The first-order chi connectivity index (χ1) is 7.86. The highest BCUT2D eigenvalue weighted by Gasteiger charge is 2.29. The van der Waals surface area contributed by atoms with Crippen LogP contribution in [0.4, 0.5) is 0 Å². The third-order valence-corrected chi connectivity index (χ3v) is 4.34. The standard InChI is InChI=1S/C14H14OS/c15-14(13-6-3-9-16-13)12-8-7-10-4-1-2-5-11(10)12/h1-6,9,12,14-15H,7-8H2. The van der Waals surface area contributed by atoms with E-state index in [2.05, 4.69) is 24.3 Å². The summed E-state index contributed by atoms with van der Waals surface area (Å²) in [7, 11) is 0. The molecule has 0 saturated carbocycles. The van der Waals surface area contributed by atoms with Crippen LogP contribution in [0.2, 0.25) is 0 Å². The summed E-state index contributed by atoms with van der Waals surface area (Å²) in [5, 5.41) is 12.4. The number of aryl methyl sites for hydroxylation is 1. The van der Waals surface area contributed by atoms with Gasteiger partial charge in [0, 0.05) is 10.8 Å². The summed E-state index contributed by atoms with van der Waals surface area (Å²) < 4.78 is 0. The summed E-state index contributed by atoms with van der Waals surface area (Å²) in [6.07, 6.45) is 1.84. The van der Waals surface area contributed by atoms with Gasteiger partial charge >= 0.3 is 0 Å². The minimum atomic E-state index is -0.330. The maximum atomic E-state index is 10.4. The lowest BCUT2D eigenvalue weighted by Gasteiger charge is -2.17. The van der Waals surface area contributed by atoms with Crippen molar-refractivity contribution in [1.29, 1.82) is 0 Å². The van der Waals surface area contributed by atoms with Gasteiger partial charge < -0.3 is 5.11 Å². The molecule has 16 heavy (non-hydrogen) atoms. The summed E-state index contributed by atoms with van der Waals surface area (Å²) >= 11 is 1.64. The van der Waals surface area contributed by atoms with Gasteiger partial charge in [-0.15, -0.1) is 11.3 Å². The van der Waals surface area contributed by atoms with Gasteiger partial charge in [0.2, 0.25) is 0 Å². The maximum absolute atomic E-state index is 10.4. The summed E-state index contributed by atoms with van der Waals surface area (Å²) in [5.74, 6) is 0.287. The fraction of sp³-hybridized carbons (Fsp3) is 0.286. The molecule has 0 saturated heterocycles. The Morgan fingerprint density at radius 2 is 2.06 bits per heavy atom. The number of benzene rings is 1. The lowest BCUT2D eigenvalue weighted by molar-refractivity contribution is 0.148. The highest BCUT2D eigenvalue weighted by molar-refractivity contribution is 7.10. The zero-order valence-corrected chi connectivity index (χ0v) is 9.78. The van der Waals surface area contributed by atoms with Crippen LogP contribution in [-0.2, 0) is 6.42 Å². The molecule has 2 heteroatoms. The second-order valence-electron chi connectivity index (χ2n) is 4.30. The highest BCUT2D eigenvalue weighted by Crippen LogP contribution is 2.42. The zero-order chi connectivity index (χ0) is 11.0. The Hall–Kier alpha value is -1.12. The first-order valence-corrected chi connectivity index (χ1v) is 6.53. The summed E-state index contributed by atoms with van der Waals surface area (Å²) in [6, 6.07) is 12.5. The molecular weight excluding hydrogens is 216 g/mol. The Bertz CT molecular complexity index is 475. The molecular formula is C14H14OS. The van der Waals surface area contributed by atoms with E-state index in [1.165, 1.54) is 11.1 Å². The molecule has 1 aliphatic carbocycles. The van der Waals surface area contributed by atoms with Crippen LogP contribution in [0, 0.1) is 0 Å². The van der Waals surface area contributed by atoms with Crippen LogP contribution in [0.15, 0.2) is 41.8 Å². The van der Waals surface area contributed by atoms with Crippen molar-refractivity contribution in [3.8, 4) is 0 Å². The smallest absolute Gasteiger partial charge is 0.0950 e. The largest absolute Gasteiger partial charge is 0.387 e. The van der Waals surface area contributed by atoms with E-state index in [4.69, 9.17) is 0 Å². The third-order valence-electron chi connectivity index (χ3n) is 3.40. The van der Waals surface area contributed by atoms with Crippen molar-refractivity contribution in [3.05, 3.63) is 57.8 Å². The fourth-order valence-corrected chi connectivity index (χ4v) is 3.35. The second kappa shape index (κ2) is 4.04. The lowest BCUT2D eigenvalue weighted by atomic mass is 9.94. The summed E-state index contributed by atoms with van der Waals surface area (Å²) in [4.78, 5) is 1.08. The minimum absolute atomic E-state index is 0.287. The molecule has 1 aromatic carbocycles. The Kier molecular flexibility index (Phi) is 2.54. The monoisotopic (exact) mass is 230 g/mol. The molecule has 1 aliphatic rings.